The van der Waals surface area contributed by atoms with Gasteiger partial charge in [-0.15, -0.1) is 0 Å². The molecule has 0 heterocycles. The van der Waals surface area contributed by atoms with Crippen LogP contribution in [-0.2, 0) is 6.54 Å². The van der Waals surface area contributed by atoms with Gasteiger partial charge in [-0.25, -0.2) is 0 Å². The number of methoxy groups -OCH3 is 2. The molecule has 3 N–H and O–H groups in total. The molecule has 0 radical (unpaired) electrons. The van der Waals surface area contributed by atoms with Gasteiger partial charge in [0, 0.05) is 12.1 Å². The third kappa shape index (κ3) is 3.66. The molecule has 1 amide bonds. The lowest BCUT2D eigenvalue weighted by atomic mass is 10.1. The van der Waals surface area contributed by atoms with Crippen molar-refractivity contribution < 1.29 is 14.3 Å². The molecule has 2 aromatic carbocycles. The summed E-state index contributed by atoms with van der Waals surface area (Å²) in [6.07, 6.45) is 0. The second-order valence-electron chi connectivity index (χ2n) is 4.49. The van der Waals surface area contributed by atoms with Crippen molar-refractivity contribution in [2.24, 2.45) is 0 Å². The predicted molar refractivity (Wildman–Crippen MR) is 81.6 cm³/mol. The zero-order valence-electron chi connectivity index (χ0n) is 12.1. The standard InChI is InChI=1S/C16H18N2O3/c1-20-13-5-3-4-11(8-13)10-18-16(19)12-6-7-15(21-2)14(17)9-12/h3-9H,10,17H2,1-2H3,(H,18,19). The molecule has 0 atom stereocenters. The second-order valence-corrected chi connectivity index (χ2v) is 4.49. The first-order valence-corrected chi connectivity index (χ1v) is 6.48. The average molecular weight is 286 g/mol. The first-order valence-electron chi connectivity index (χ1n) is 6.48. The smallest absolute Gasteiger partial charge is 0.251 e. The summed E-state index contributed by atoms with van der Waals surface area (Å²) < 4.78 is 10.2. The van der Waals surface area contributed by atoms with Crippen LogP contribution in [0.2, 0.25) is 0 Å². The second kappa shape index (κ2) is 6.65. The van der Waals surface area contributed by atoms with Crippen molar-refractivity contribution in [3.63, 3.8) is 0 Å². The number of hydrogen-bond acceptors (Lipinski definition) is 4. The third-order valence-corrected chi connectivity index (χ3v) is 3.08. The summed E-state index contributed by atoms with van der Waals surface area (Å²) in [6, 6.07) is 12.5. The van der Waals surface area contributed by atoms with Crippen LogP contribution in [0.4, 0.5) is 5.69 Å². The molecule has 0 fully saturated rings. The number of rotatable bonds is 5. The molecule has 0 bridgehead atoms. The fourth-order valence-corrected chi connectivity index (χ4v) is 1.94. The van der Waals surface area contributed by atoms with Gasteiger partial charge in [0.2, 0.25) is 0 Å². The van der Waals surface area contributed by atoms with E-state index in [9.17, 15) is 4.79 Å². The zero-order chi connectivity index (χ0) is 15.2. The summed E-state index contributed by atoms with van der Waals surface area (Å²) in [7, 11) is 3.14. The van der Waals surface area contributed by atoms with Gasteiger partial charge in [-0.05, 0) is 35.9 Å². The van der Waals surface area contributed by atoms with Crippen LogP contribution in [0.25, 0.3) is 0 Å². The van der Waals surface area contributed by atoms with Crippen LogP contribution in [0.15, 0.2) is 42.5 Å². The van der Waals surface area contributed by atoms with E-state index in [0.717, 1.165) is 11.3 Å². The van der Waals surface area contributed by atoms with E-state index in [0.29, 0.717) is 23.5 Å². The van der Waals surface area contributed by atoms with Crippen LogP contribution >= 0.6 is 0 Å². The monoisotopic (exact) mass is 286 g/mol. The largest absolute Gasteiger partial charge is 0.497 e. The molecule has 0 aromatic heterocycles. The Morgan fingerprint density at radius 1 is 1.14 bits per heavy atom. The fourth-order valence-electron chi connectivity index (χ4n) is 1.94. The van der Waals surface area contributed by atoms with Gasteiger partial charge < -0.3 is 20.5 Å². The van der Waals surface area contributed by atoms with Gasteiger partial charge in [0.25, 0.3) is 5.91 Å². The SMILES string of the molecule is COc1cccc(CNC(=O)c2ccc(OC)c(N)c2)c1. The minimum absolute atomic E-state index is 0.188. The summed E-state index contributed by atoms with van der Waals surface area (Å²) in [5, 5.41) is 2.84. The molecule has 5 heteroatoms. The Kier molecular flexibility index (Phi) is 4.66. The predicted octanol–water partition coefficient (Wildman–Crippen LogP) is 2.22. The minimum atomic E-state index is -0.188. The molecular weight excluding hydrogens is 268 g/mol. The number of nitrogens with two attached hydrogens (primary N) is 1. The Morgan fingerprint density at radius 2 is 1.95 bits per heavy atom. The normalized spacial score (nSPS) is 10.0. The highest BCUT2D eigenvalue weighted by molar-refractivity contribution is 5.95. The number of anilines is 1. The quantitative estimate of drug-likeness (QED) is 0.827. The maximum atomic E-state index is 12.1. The lowest BCUT2D eigenvalue weighted by Crippen LogP contribution is -2.22. The van der Waals surface area contributed by atoms with E-state index in [1.165, 1.54) is 7.11 Å². The number of nitrogen functional groups attached to an aromatic ring is 1. The van der Waals surface area contributed by atoms with Crippen LogP contribution in [0, 0.1) is 0 Å². The van der Waals surface area contributed by atoms with Crippen LogP contribution < -0.4 is 20.5 Å². The molecule has 0 aliphatic rings. The van der Waals surface area contributed by atoms with Gasteiger partial charge in [-0.3, -0.25) is 4.79 Å². The van der Waals surface area contributed by atoms with Gasteiger partial charge in [0.15, 0.2) is 0 Å². The maximum absolute atomic E-state index is 12.1. The number of carbonyl (C=O) groups excluding carboxylic acids is 1. The lowest BCUT2D eigenvalue weighted by molar-refractivity contribution is 0.0951. The number of ether oxygens (including phenoxy) is 2. The number of amides is 1. The van der Waals surface area contributed by atoms with Gasteiger partial charge in [0.05, 0.1) is 19.9 Å². The van der Waals surface area contributed by atoms with Crippen molar-refractivity contribution in [1.82, 2.24) is 5.32 Å². The van der Waals surface area contributed by atoms with Crippen LogP contribution in [-0.4, -0.2) is 20.1 Å². The molecule has 5 nitrogen and oxygen atoms in total. The average Bonchev–Trinajstić information content (AvgIpc) is 2.52. The van der Waals surface area contributed by atoms with Crippen molar-refractivity contribution in [2.45, 2.75) is 6.54 Å². The molecule has 0 spiro atoms. The molecule has 2 rings (SSSR count). The van der Waals surface area contributed by atoms with Crippen molar-refractivity contribution in [3.05, 3.63) is 53.6 Å². The van der Waals surface area contributed by atoms with E-state index in [1.54, 1.807) is 25.3 Å². The molecule has 0 saturated heterocycles. The van der Waals surface area contributed by atoms with Gasteiger partial charge in [0.1, 0.15) is 11.5 Å². The molecule has 0 unspecified atom stereocenters. The molecule has 0 aliphatic carbocycles. The molecule has 21 heavy (non-hydrogen) atoms. The highest BCUT2D eigenvalue weighted by Crippen LogP contribution is 2.21. The topological polar surface area (TPSA) is 73.6 Å². The Hall–Kier alpha value is -2.69. The number of carbonyl (C=O) groups is 1. The third-order valence-electron chi connectivity index (χ3n) is 3.08. The summed E-state index contributed by atoms with van der Waals surface area (Å²) in [5.41, 5.74) is 7.69. The zero-order valence-corrected chi connectivity index (χ0v) is 12.1. The summed E-state index contributed by atoms with van der Waals surface area (Å²) >= 11 is 0. The summed E-state index contributed by atoms with van der Waals surface area (Å²) in [5.74, 6) is 1.13. The molecule has 110 valence electrons. The van der Waals surface area contributed by atoms with E-state index >= 15 is 0 Å². The maximum Gasteiger partial charge on any atom is 0.251 e. The Labute approximate surface area is 123 Å². The van der Waals surface area contributed by atoms with E-state index in [-0.39, 0.29) is 5.91 Å². The number of benzene rings is 2. The van der Waals surface area contributed by atoms with Gasteiger partial charge in [-0.1, -0.05) is 12.1 Å². The van der Waals surface area contributed by atoms with E-state index in [2.05, 4.69) is 5.32 Å². The highest BCUT2D eigenvalue weighted by atomic mass is 16.5. The molecule has 0 aliphatic heterocycles. The van der Waals surface area contributed by atoms with Crippen molar-refractivity contribution in [3.8, 4) is 11.5 Å². The number of nitrogens with one attached hydrogen (secondary N) is 1. The van der Waals surface area contributed by atoms with Crippen molar-refractivity contribution in [1.29, 1.82) is 0 Å². The van der Waals surface area contributed by atoms with E-state index < -0.39 is 0 Å². The molecule has 0 saturated carbocycles. The van der Waals surface area contributed by atoms with Crippen LogP contribution in [0.3, 0.4) is 0 Å². The van der Waals surface area contributed by atoms with E-state index in [4.69, 9.17) is 15.2 Å². The van der Waals surface area contributed by atoms with Gasteiger partial charge >= 0.3 is 0 Å². The van der Waals surface area contributed by atoms with Crippen molar-refractivity contribution >= 4 is 11.6 Å². The summed E-state index contributed by atoms with van der Waals surface area (Å²) in [4.78, 5) is 12.1. The van der Waals surface area contributed by atoms with E-state index in [1.807, 2.05) is 24.3 Å². The highest BCUT2D eigenvalue weighted by Gasteiger charge is 2.08. The lowest BCUT2D eigenvalue weighted by Gasteiger charge is -2.09. The fraction of sp³-hybridized carbons (Fsp3) is 0.188. The minimum Gasteiger partial charge on any atom is -0.497 e. The van der Waals surface area contributed by atoms with Crippen LogP contribution in [0.5, 0.6) is 11.5 Å². The molecular formula is C16H18N2O3. The van der Waals surface area contributed by atoms with Crippen molar-refractivity contribution in [2.75, 3.05) is 20.0 Å². The van der Waals surface area contributed by atoms with Crippen LogP contribution in [0.1, 0.15) is 15.9 Å². The summed E-state index contributed by atoms with van der Waals surface area (Å²) in [6.45, 7) is 0.419. The Balaban J connectivity index is 2.02. The first kappa shape index (κ1) is 14.7. The first-order chi connectivity index (χ1) is 10.1. The van der Waals surface area contributed by atoms with Gasteiger partial charge in [-0.2, -0.15) is 0 Å². The Morgan fingerprint density at radius 3 is 2.62 bits per heavy atom. The Bertz CT molecular complexity index is 641. The molecule has 2 aromatic rings. The number of hydrogen-bond donors (Lipinski definition) is 2.